The van der Waals surface area contributed by atoms with Crippen molar-refractivity contribution in [3.8, 4) is 22.1 Å². The Morgan fingerprint density at radius 1 is 1.00 bits per heavy atom. The zero-order chi connectivity index (χ0) is 26.4. The van der Waals surface area contributed by atoms with Crippen LogP contribution in [0.3, 0.4) is 0 Å². The van der Waals surface area contributed by atoms with E-state index < -0.39 is 12.0 Å². The molecule has 0 spiro atoms. The number of methoxy groups -OCH3 is 2. The van der Waals surface area contributed by atoms with E-state index in [0.717, 1.165) is 26.4 Å². The number of fused-ring (bicyclic) bond motifs is 1. The molecular formula is C28H29N3O5S. The summed E-state index contributed by atoms with van der Waals surface area (Å²) in [6, 6.07) is 18.1. The molecule has 0 saturated heterocycles. The number of carboxylic acids is 1. The number of aliphatic carboxylic acids is 1. The fourth-order valence-electron chi connectivity index (χ4n) is 3.92. The largest absolute Gasteiger partial charge is 0.493 e. The fourth-order valence-corrected chi connectivity index (χ4v) is 4.99. The highest BCUT2D eigenvalue weighted by Crippen LogP contribution is 2.31. The van der Waals surface area contributed by atoms with Gasteiger partial charge in [-0.1, -0.05) is 12.1 Å². The first-order valence-corrected chi connectivity index (χ1v) is 12.6. The number of thiazole rings is 1. The third-order valence-corrected chi connectivity index (χ3v) is 6.97. The molecule has 9 heteroatoms. The van der Waals surface area contributed by atoms with Crippen LogP contribution in [0.5, 0.6) is 11.5 Å². The van der Waals surface area contributed by atoms with Crippen molar-refractivity contribution in [2.24, 2.45) is 0 Å². The molecule has 8 nitrogen and oxygen atoms in total. The number of ether oxygens (including phenoxy) is 2. The van der Waals surface area contributed by atoms with Crippen molar-refractivity contribution in [1.82, 2.24) is 10.3 Å². The topological polar surface area (TPSA) is 110 Å². The number of nitrogens with one attached hydrogen (secondary N) is 2. The van der Waals surface area contributed by atoms with Crippen LogP contribution < -0.4 is 20.1 Å². The summed E-state index contributed by atoms with van der Waals surface area (Å²) < 4.78 is 11.7. The molecule has 4 aromatic rings. The first-order valence-electron chi connectivity index (χ1n) is 11.8. The Balaban J connectivity index is 1.31. The Kier molecular flexibility index (Phi) is 8.37. The summed E-state index contributed by atoms with van der Waals surface area (Å²) in [5.74, 6) is -0.223. The predicted molar refractivity (Wildman–Crippen MR) is 146 cm³/mol. The summed E-state index contributed by atoms with van der Waals surface area (Å²) in [7, 11) is 3.13. The molecule has 0 fully saturated rings. The SMILES string of the molecule is COc1ccc(CCNC(CC(=O)Nc2ccc(-c3nc4ccc(C)cc4s3)cc2)C(=O)O)cc1OC. The van der Waals surface area contributed by atoms with Crippen LogP contribution in [0, 0.1) is 6.92 Å². The van der Waals surface area contributed by atoms with Gasteiger partial charge in [-0.2, -0.15) is 0 Å². The number of aryl methyl sites for hydroxylation is 1. The molecule has 3 aromatic carbocycles. The van der Waals surface area contributed by atoms with E-state index in [1.165, 1.54) is 5.56 Å². The second kappa shape index (κ2) is 11.9. The molecule has 0 aliphatic rings. The second-order valence-electron chi connectivity index (χ2n) is 8.60. The van der Waals surface area contributed by atoms with Crippen molar-refractivity contribution in [2.75, 3.05) is 26.1 Å². The van der Waals surface area contributed by atoms with Crippen molar-refractivity contribution < 1.29 is 24.2 Å². The minimum atomic E-state index is -1.08. The lowest BCUT2D eigenvalue weighted by Gasteiger charge is -2.15. The number of amides is 1. The average Bonchev–Trinajstić information content (AvgIpc) is 3.31. The maximum Gasteiger partial charge on any atom is 0.321 e. The number of carbonyl (C=O) groups excluding carboxylic acids is 1. The van der Waals surface area contributed by atoms with Gasteiger partial charge < -0.3 is 25.2 Å². The predicted octanol–water partition coefficient (Wildman–Crippen LogP) is 4.90. The molecule has 1 heterocycles. The first kappa shape index (κ1) is 26.1. The zero-order valence-electron chi connectivity index (χ0n) is 20.9. The summed E-state index contributed by atoms with van der Waals surface area (Å²) in [6.45, 7) is 2.44. The van der Waals surface area contributed by atoms with Crippen LogP contribution in [0.4, 0.5) is 5.69 Å². The summed E-state index contributed by atoms with van der Waals surface area (Å²) in [4.78, 5) is 29.0. The minimum absolute atomic E-state index is 0.194. The van der Waals surface area contributed by atoms with Crippen LogP contribution in [0.1, 0.15) is 17.5 Å². The molecule has 37 heavy (non-hydrogen) atoms. The van der Waals surface area contributed by atoms with Crippen LogP contribution in [0.15, 0.2) is 60.7 Å². The van der Waals surface area contributed by atoms with Crippen LogP contribution in [-0.4, -0.2) is 48.8 Å². The zero-order valence-corrected chi connectivity index (χ0v) is 21.7. The maximum atomic E-state index is 12.6. The third kappa shape index (κ3) is 6.63. The number of hydrogen-bond acceptors (Lipinski definition) is 7. The van der Waals surface area contributed by atoms with Gasteiger partial charge in [-0.25, -0.2) is 4.98 Å². The van der Waals surface area contributed by atoms with E-state index in [9.17, 15) is 14.7 Å². The molecule has 0 bridgehead atoms. The third-order valence-electron chi connectivity index (χ3n) is 5.90. The van der Waals surface area contributed by atoms with Gasteiger partial charge in [0.2, 0.25) is 5.91 Å². The van der Waals surface area contributed by atoms with Crippen molar-refractivity contribution in [2.45, 2.75) is 25.8 Å². The van der Waals surface area contributed by atoms with Gasteiger partial charge in [0, 0.05) is 11.3 Å². The summed E-state index contributed by atoms with van der Waals surface area (Å²) in [5.41, 5.74) is 4.66. The minimum Gasteiger partial charge on any atom is -0.493 e. The van der Waals surface area contributed by atoms with Crippen molar-refractivity contribution in [3.05, 3.63) is 71.8 Å². The van der Waals surface area contributed by atoms with Gasteiger partial charge in [0.1, 0.15) is 11.0 Å². The molecule has 4 rings (SSSR count). The van der Waals surface area contributed by atoms with Gasteiger partial charge in [-0.05, 0) is 79.5 Å². The number of anilines is 1. The molecule has 3 N–H and O–H groups in total. The number of hydrogen-bond donors (Lipinski definition) is 3. The van der Waals surface area contributed by atoms with Crippen molar-refractivity contribution in [1.29, 1.82) is 0 Å². The molecule has 0 saturated carbocycles. The molecule has 1 atom stereocenters. The fraction of sp³-hybridized carbons (Fsp3) is 0.250. The summed E-state index contributed by atoms with van der Waals surface area (Å²) in [5, 5.41) is 16.2. The highest BCUT2D eigenvalue weighted by atomic mass is 32.1. The van der Waals surface area contributed by atoms with Gasteiger partial charge >= 0.3 is 5.97 Å². The Morgan fingerprint density at radius 2 is 1.76 bits per heavy atom. The molecular weight excluding hydrogens is 490 g/mol. The molecule has 0 radical (unpaired) electrons. The van der Waals surface area contributed by atoms with Crippen molar-refractivity contribution in [3.63, 3.8) is 0 Å². The summed E-state index contributed by atoms with van der Waals surface area (Å²) >= 11 is 1.62. The van der Waals surface area contributed by atoms with Crippen LogP contribution >= 0.6 is 11.3 Å². The lowest BCUT2D eigenvalue weighted by atomic mass is 10.1. The van der Waals surface area contributed by atoms with Crippen LogP contribution in [-0.2, 0) is 16.0 Å². The van der Waals surface area contributed by atoms with E-state index in [4.69, 9.17) is 9.47 Å². The normalized spacial score (nSPS) is 11.8. The van der Waals surface area contributed by atoms with Gasteiger partial charge in [0.25, 0.3) is 0 Å². The molecule has 1 aromatic heterocycles. The lowest BCUT2D eigenvalue weighted by molar-refractivity contribution is -0.141. The quantitative estimate of drug-likeness (QED) is 0.258. The standard InChI is InChI=1S/C28H29N3O5S/c1-17-4-10-21-25(14-17)37-27(31-21)19-6-8-20(9-7-19)30-26(32)16-22(28(33)34)29-13-12-18-5-11-23(35-2)24(15-18)36-3/h4-11,14-15,22,29H,12-13,16H2,1-3H3,(H,30,32)(H,33,34). The molecule has 1 unspecified atom stereocenters. The Labute approximate surface area is 219 Å². The van der Waals surface area contributed by atoms with E-state index in [-0.39, 0.29) is 12.3 Å². The molecule has 192 valence electrons. The molecule has 0 aliphatic heterocycles. The van der Waals surface area contributed by atoms with Gasteiger partial charge in [-0.3, -0.25) is 9.59 Å². The van der Waals surface area contributed by atoms with Crippen LogP contribution in [0.25, 0.3) is 20.8 Å². The lowest BCUT2D eigenvalue weighted by Crippen LogP contribution is -2.40. The van der Waals surface area contributed by atoms with E-state index in [0.29, 0.717) is 30.2 Å². The van der Waals surface area contributed by atoms with Gasteiger partial charge in [-0.15, -0.1) is 11.3 Å². The molecule has 1 amide bonds. The van der Waals surface area contributed by atoms with Crippen molar-refractivity contribution >= 4 is 39.1 Å². The number of benzene rings is 3. The second-order valence-corrected chi connectivity index (χ2v) is 9.63. The number of carbonyl (C=O) groups is 2. The van der Waals surface area contributed by atoms with Crippen LogP contribution in [0.2, 0.25) is 0 Å². The van der Waals surface area contributed by atoms with E-state index in [1.54, 1.807) is 43.8 Å². The smallest absolute Gasteiger partial charge is 0.321 e. The Morgan fingerprint density at radius 3 is 2.46 bits per heavy atom. The van der Waals surface area contributed by atoms with E-state index in [1.807, 2.05) is 36.4 Å². The maximum absolute atomic E-state index is 12.6. The number of nitrogens with zero attached hydrogens (tertiary/aromatic N) is 1. The van der Waals surface area contributed by atoms with E-state index in [2.05, 4.69) is 28.6 Å². The van der Waals surface area contributed by atoms with Gasteiger partial charge in [0.15, 0.2) is 11.5 Å². The highest BCUT2D eigenvalue weighted by molar-refractivity contribution is 7.21. The number of carboxylic acid groups (broad SMARTS) is 1. The first-order chi connectivity index (χ1) is 17.9. The Hall–Kier alpha value is -3.95. The molecule has 0 aliphatic carbocycles. The van der Waals surface area contributed by atoms with Gasteiger partial charge in [0.05, 0.1) is 30.9 Å². The van der Waals surface area contributed by atoms with E-state index >= 15 is 0 Å². The number of rotatable bonds is 11. The monoisotopic (exact) mass is 519 g/mol. The Bertz CT molecular complexity index is 1400. The average molecular weight is 520 g/mol. The number of aromatic nitrogens is 1. The highest BCUT2D eigenvalue weighted by Gasteiger charge is 2.21. The summed E-state index contributed by atoms with van der Waals surface area (Å²) in [6.07, 6.45) is 0.374.